The lowest BCUT2D eigenvalue weighted by Crippen LogP contribution is -2.11. The maximum atomic E-state index is 11.2. The van der Waals surface area contributed by atoms with Crippen molar-refractivity contribution in [3.63, 3.8) is 0 Å². The van der Waals surface area contributed by atoms with Gasteiger partial charge in [0.2, 0.25) is 0 Å². The van der Waals surface area contributed by atoms with E-state index in [1.165, 1.54) is 7.11 Å². The Balaban J connectivity index is 0. The van der Waals surface area contributed by atoms with Gasteiger partial charge < -0.3 is 10.5 Å². The van der Waals surface area contributed by atoms with E-state index in [4.69, 9.17) is 11.1 Å². The van der Waals surface area contributed by atoms with Crippen molar-refractivity contribution >= 4 is 39.9 Å². The Morgan fingerprint density at radius 3 is 2.60 bits per heavy atom. The van der Waals surface area contributed by atoms with Crippen LogP contribution in [0.1, 0.15) is 19.8 Å². The highest BCUT2D eigenvalue weighted by Gasteiger charge is 2.09. The summed E-state index contributed by atoms with van der Waals surface area (Å²) in [6, 6.07) is 0. The normalized spacial score (nSPS) is 10.4. The number of thioether (sulfide) groups is 1. The van der Waals surface area contributed by atoms with Crippen LogP contribution in [0.2, 0.25) is 0 Å². The second-order valence-corrected chi connectivity index (χ2v) is 3.68. The van der Waals surface area contributed by atoms with Crippen molar-refractivity contribution in [3.05, 3.63) is 11.6 Å². The van der Waals surface area contributed by atoms with E-state index in [9.17, 15) is 4.79 Å². The van der Waals surface area contributed by atoms with Gasteiger partial charge in [0.25, 0.3) is 0 Å². The summed E-state index contributed by atoms with van der Waals surface area (Å²) in [7, 11) is 1.35. The third-order valence-electron chi connectivity index (χ3n) is 1.51. The molecule has 0 saturated heterocycles. The third-order valence-corrected chi connectivity index (χ3v) is 2.28. The summed E-state index contributed by atoms with van der Waals surface area (Å²) in [5.41, 5.74) is 5.76. The number of nitrogens with two attached hydrogens (primary N) is 1. The smallest absolute Gasteiger partial charge is 0.334 e. The van der Waals surface area contributed by atoms with E-state index >= 15 is 0 Å². The molecule has 0 spiro atoms. The molecule has 3 N–H and O–H groups in total. The highest BCUT2D eigenvalue weighted by atomic mass is 79.9. The monoisotopic (exact) mass is 296 g/mol. The molecule has 88 valence electrons. The molecule has 0 fully saturated rings. The number of halogens is 1. The molecule has 0 rings (SSSR count). The zero-order chi connectivity index (χ0) is 11.0. The molecule has 6 heteroatoms. The lowest BCUT2D eigenvalue weighted by molar-refractivity contribution is -0.136. The number of rotatable bonds is 5. The molecule has 0 aromatic rings. The zero-order valence-electron chi connectivity index (χ0n) is 8.91. The van der Waals surface area contributed by atoms with E-state index in [-0.39, 0.29) is 28.1 Å². The average Bonchev–Trinajstić information content (AvgIpc) is 2.16. The fourth-order valence-corrected chi connectivity index (χ4v) is 1.35. The van der Waals surface area contributed by atoms with Crippen LogP contribution in [0.4, 0.5) is 0 Å². The zero-order valence-corrected chi connectivity index (χ0v) is 11.4. The summed E-state index contributed by atoms with van der Waals surface area (Å²) in [6.07, 6.45) is 3.65. The SMILES string of the molecule is Br.CCC/C=C(\CSC(=N)N)C(=O)OC. The first-order chi connectivity index (χ1) is 6.61. The molecule has 0 aromatic heterocycles. The van der Waals surface area contributed by atoms with Crippen LogP contribution in [0.3, 0.4) is 0 Å². The molecule has 0 aromatic carbocycles. The minimum absolute atomic E-state index is 0. The van der Waals surface area contributed by atoms with Crippen LogP contribution in [0.15, 0.2) is 11.6 Å². The fraction of sp³-hybridized carbons (Fsp3) is 0.556. The number of ether oxygens (including phenoxy) is 1. The first kappa shape index (κ1) is 16.9. The number of hydrogen-bond acceptors (Lipinski definition) is 4. The number of nitrogens with one attached hydrogen (secondary N) is 1. The lowest BCUT2D eigenvalue weighted by atomic mass is 10.2. The van der Waals surface area contributed by atoms with E-state index < -0.39 is 0 Å². The van der Waals surface area contributed by atoms with Gasteiger partial charge in [0.1, 0.15) is 0 Å². The van der Waals surface area contributed by atoms with Gasteiger partial charge in [-0.3, -0.25) is 5.41 Å². The Labute approximate surface area is 105 Å². The van der Waals surface area contributed by atoms with Crippen molar-refractivity contribution in [2.24, 2.45) is 5.73 Å². The van der Waals surface area contributed by atoms with Crippen LogP contribution in [-0.4, -0.2) is 24.0 Å². The van der Waals surface area contributed by atoms with Gasteiger partial charge in [-0.15, -0.1) is 17.0 Å². The Hall–Kier alpha value is -0.490. The Morgan fingerprint density at radius 2 is 2.20 bits per heavy atom. The molecule has 4 nitrogen and oxygen atoms in total. The summed E-state index contributed by atoms with van der Waals surface area (Å²) in [5, 5.41) is 7.03. The van der Waals surface area contributed by atoms with Gasteiger partial charge in [0, 0.05) is 11.3 Å². The predicted octanol–water partition coefficient (Wildman–Crippen LogP) is 2.09. The van der Waals surface area contributed by atoms with Gasteiger partial charge >= 0.3 is 5.97 Å². The highest BCUT2D eigenvalue weighted by molar-refractivity contribution is 8.93. The standard InChI is InChI=1S/C9H16N2O2S.BrH/c1-3-4-5-7(8(12)13-2)6-14-9(10)11;/h5H,3-4,6H2,1-2H3,(H3,10,11);1H/b7-5+;. The lowest BCUT2D eigenvalue weighted by Gasteiger charge is -2.03. The molecule has 0 heterocycles. The number of carbonyl (C=O) groups excluding carboxylic acids is 1. The third kappa shape index (κ3) is 8.50. The number of amidine groups is 1. The number of unbranched alkanes of at least 4 members (excludes halogenated alkanes) is 1. The fourth-order valence-electron chi connectivity index (χ4n) is 0.806. The van der Waals surface area contributed by atoms with Crippen molar-refractivity contribution in [2.45, 2.75) is 19.8 Å². The molecular formula is C9H17BrN2O2S. The van der Waals surface area contributed by atoms with E-state index in [1.54, 1.807) is 0 Å². The quantitative estimate of drug-likeness (QED) is 0.352. The minimum Gasteiger partial charge on any atom is -0.466 e. The molecule has 0 radical (unpaired) electrons. The second kappa shape index (κ2) is 10.0. The molecule has 0 bridgehead atoms. The predicted molar refractivity (Wildman–Crippen MR) is 69.7 cm³/mol. The number of methoxy groups -OCH3 is 1. The summed E-state index contributed by atoms with van der Waals surface area (Å²) in [6.45, 7) is 2.03. The largest absolute Gasteiger partial charge is 0.466 e. The summed E-state index contributed by atoms with van der Waals surface area (Å²) in [5.74, 6) is 0.0642. The van der Waals surface area contributed by atoms with Crippen LogP contribution in [-0.2, 0) is 9.53 Å². The molecule has 0 aliphatic carbocycles. The summed E-state index contributed by atoms with van der Waals surface area (Å²) >= 11 is 1.13. The van der Waals surface area contributed by atoms with Crippen molar-refractivity contribution in [2.75, 3.05) is 12.9 Å². The minimum atomic E-state index is -0.341. The molecular weight excluding hydrogens is 280 g/mol. The second-order valence-electron chi connectivity index (χ2n) is 2.66. The molecule has 0 amide bonds. The van der Waals surface area contributed by atoms with E-state index in [2.05, 4.69) is 4.74 Å². The highest BCUT2D eigenvalue weighted by Crippen LogP contribution is 2.10. The topological polar surface area (TPSA) is 76.2 Å². The number of allylic oxidation sites excluding steroid dienone is 1. The molecule has 15 heavy (non-hydrogen) atoms. The average molecular weight is 297 g/mol. The van der Waals surface area contributed by atoms with Gasteiger partial charge in [-0.2, -0.15) is 0 Å². The van der Waals surface area contributed by atoms with Crippen molar-refractivity contribution in [1.82, 2.24) is 0 Å². The van der Waals surface area contributed by atoms with Crippen LogP contribution >= 0.6 is 28.7 Å². The van der Waals surface area contributed by atoms with Crippen molar-refractivity contribution in [1.29, 1.82) is 5.41 Å². The van der Waals surface area contributed by atoms with Crippen LogP contribution in [0, 0.1) is 5.41 Å². The molecule has 0 unspecified atom stereocenters. The van der Waals surface area contributed by atoms with Gasteiger partial charge in [-0.25, -0.2) is 4.79 Å². The molecule has 0 aliphatic rings. The number of carbonyl (C=O) groups is 1. The Kier molecular flexibility index (Phi) is 11.3. The van der Waals surface area contributed by atoms with Gasteiger partial charge in [-0.05, 0) is 6.42 Å². The first-order valence-corrected chi connectivity index (χ1v) is 5.34. The maximum Gasteiger partial charge on any atom is 0.334 e. The Bertz CT molecular complexity index is 244. The Morgan fingerprint density at radius 1 is 1.60 bits per heavy atom. The molecule has 0 saturated carbocycles. The van der Waals surface area contributed by atoms with E-state index in [0.29, 0.717) is 11.3 Å². The maximum absolute atomic E-state index is 11.2. The van der Waals surface area contributed by atoms with Gasteiger partial charge in [-0.1, -0.05) is 31.2 Å². The number of hydrogen-bond donors (Lipinski definition) is 2. The van der Waals surface area contributed by atoms with E-state index in [1.807, 2.05) is 13.0 Å². The summed E-state index contributed by atoms with van der Waals surface area (Å²) in [4.78, 5) is 11.2. The van der Waals surface area contributed by atoms with Crippen molar-refractivity contribution in [3.8, 4) is 0 Å². The summed E-state index contributed by atoms with van der Waals surface area (Å²) < 4.78 is 4.61. The van der Waals surface area contributed by atoms with Crippen LogP contribution < -0.4 is 5.73 Å². The number of esters is 1. The van der Waals surface area contributed by atoms with Crippen LogP contribution in [0.5, 0.6) is 0 Å². The molecule has 0 aliphatic heterocycles. The van der Waals surface area contributed by atoms with Gasteiger partial charge in [0.15, 0.2) is 5.17 Å². The van der Waals surface area contributed by atoms with E-state index in [0.717, 1.165) is 24.6 Å². The molecule has 0 atom stereocenters. The van der Waals surface area contributed by atoms with Crippen LogP contribution in [0.25, 0.3) is 0 Å². The first-order valence-electron chi connectivity index (χ1n) is 4.36. The van der Waals surface area contributed by atoms with Crippen molar-refractivity contribution < 1.29 is 9.53 Å². The van der Waals surface area contributed by atoms with Gasteiger partial charge in [0.05, 0.1) is 7.11 Å².